The summed E-state index contributed by atoms with van der Waals surface area (Å²) >= 11 is 0. The molecule has 2 N–H and O–H groups in total. The molecule has 1 aromatic rings. The molecule has 0 saturated heterocycles. The highest BCUT2D eigenvalue weighted by Gasteiger charge is 2.07. The van der Waals surface area contributed by atoms with Gasteiger partial charge in [-0.25, -0.2) is 4.79 Å². The Morgan fingerprint density at radius 1 is 1.32 bits per heavy atom. The molecule has 1 rings (SSSR count). The molecular formula is C15H25NO3. The third-order valence-corrected chi connectivity index (χ3v) is 3.08. The van der Waals surface area contributed by atoms with Gasteiger partial charge in [0.05, 0.1) is 12.1 Å². The molecule has 0 atom stereocenters. The molecule has 1 aromatic heterocycles. The Hall–Kier alpha value is -1.29. The summed E-state index contributed by atoms with van der Waals surface area (Å²) in [5.41, 5.74) is 0.213. The van der Waals surface area contributed by atoms with Crippen LogP contribution < -0.4 is 5.32 Å². The van der Waals surface area contributed by atoms with E-state index in [0.717, 1.165) is 18.9 Å². The number of hydrogen-bond acceptors (Lipinski definition) is 3. The molecule has 0 spiro atoms. The van der Waals surface area contributed by atoms with E-state index in [0.29, 0.717) is 12.3 Å². The van der Waals surface area contributed by atoms with Crippen LogP contribution in [0.3, 0.4) is 0 Å². The highest BCUT2D eigenvalue weighted by atomic mass is 16.4. The molecule has 0 unspecified atom stereocenters. The van der Waals surface area contributed by atoms with E-state index >= 15 is 0 Å². The first kappa shape index (κ1) is 15.8. The maximum Gasteiger partial charge on any atom is 0.338 e. The minimum Gasteiger partial charge on any atom is -0.478 e. The van der Waals surface area contributed by atoms with Gasteiger partial charge < -0.3 is 14.8 Å². The van der Waals surface area contributed by atoms with Gasteiger partial charge in [0, 0.05) is 0 Å². The zero-order valence-corrected chi connectivity index (χ0v) is 11.9. The molecule has 19 heavy (non-hydrogen) atoms. The van der Waals surface area contributed by atoms with Crippen LogP contribution in [0.1, 0.15) is 62.1 Å². The quantitative estimate of drug-likeness (QED) is 0.635. The lowest BCUT2D eigenvalue weighted by Gasteiger charge is -2.05. The molecule has 4 heteroatoms. The largest absolute Gasteiger partial charge is 0.478 e. The topological polar surface area (TPSA) is 62.5 Å². The standard InChI is InChI=1S/C15H25NO3/c1-12(2)7-5-3-4-6-8-16-10-14-9-13(11-19-14)15(17)18/h9,11-12,16H,3-8,10H2,1-2H3,(H,17,18). The minimum atomic E-state index is -0.944. The maximum absolute atomic E-state index is 10.7. The molecule has 0 radical (unpaired) electrons. The van der Waals surface area contributed by atoms with Gasteiger partial charge >= 0.3 is 5.97 Å². The molecule has 4 nitrogen and oxygen atoms in total. The van der Waals surface area contributed by atoms with Crippen molar-refractivity contribution in [2.75, 3.05) is 6.54 Å². The van der Waals surface area contributed by atoms with E-state index in [1.807, 2.05) is 0 Å². The number of furan rings is 1. The van der Waals surface area contributed by atoms with E-state index < -0.39 is 5.97 Å². The number of carboxylic acid groups (broad SMARTS) is 1. The monoisotopic (exact) mass is 267 g/mol. The van der Waals surface area contributed by atoms with Gasteiger partial charge in [0.2, 0.25) is 0 Å². The Morgan fingerprint density at radius 2 is 2.05 bits per heavy atom. The number of carboxylic acids is 1. The summed E-state index contributed by atoms with van der Waals surface area (Å²) in [5.74, 6) is 0.540. The van der Waals surface area contributed by atoms with Gasteiger partial charge in [-0.15, -0.1) is 0 Å². The summed E-state index contributed by atoms with van der Waals surface area (Å²) in [4.78, 5) is 10.7. The third kappa shape index (κ3) is 7.01. The molecule has 0 fully saturated rings. The fourth-order valence-electron chi connectivity index (χ4n) is 1.95. The lowest BCUT2D eigenvalue weighted by molar-refractivity contribution is 0.0696. The Balaban J connectivity index is 2.00. The first-order valence-electron chi connectivity index (χ1n) is 7.11. The van der Waals surface area contributed by atoms with Crippen LogP contribution >= 0.6 is 0 Å². The van der Waals surface area contributed by atoms with Gasteiger partial charge in [-0.2, -0.15) is 0 Å². The zero-order chi connectivity index (χ0) is 14.1. The summed E-state index contributed by atoms with van der Waals surface area (Å²) in [6, 6.07) is 1.57. The second kappa shape index (κ2) is 8.75. The first-order valence-corrected chi connectivity index (χ1v) is 7.11. The predicted octanol–water partition coefficient (Wildman–Crippen LogP) is 3.67. The Bertz CT molecular complexity index is 371. The molecule has 108 valence electrons. The zero-order valence-electron chi connectivity index (χ0n) is 11.9. The van der Waals surface area contributed by atoms with Gasteiger partial charge in [0.15, 0.2) is 0 Å². The van der Waals surface area contributed by atoms with Crippen molar-refractivity contribution in [3.8, 4) is 0 Å². The number of nitrogens with one attached hydrogen (secondary N) is 1. The van der Waals surface area contributed by atoms with Gasteiger partial charge in [0.1, 0.15) is 12.0 Å². The van der Waals surface area contributed by atoms with Crippen LogP contribution in [0.15, 0.2) is 16.7 Å². The number of rotatable bonds is 10. The fourth-order valence-corrected chi connectivity index (χ4v) is 1.95. The fraction of sp³-hybridized carbons (Fsp3) is 0.667. The number of aromatic carboxylic acids is 1. The number of hydrogen-bond donors (Lipinski definition) is 2. The molecule has 0 aromatic carbocycles. The Kier molecular flexibility index (Phi) is 7.26. The van der Waals surface area contributed by atoms with Crippen LogP contribution in [0, 0.1) is 5.92 Å². The van der Waals surface area contributed by atoms with Crippen molar-refractivity contribution in [2.45, 2.75) is 52.5 Å². The average molecular weight is 267 g/mol. The van der Waals surface area contributed by atoms with Crippen molar-refractivity contribution >= 4 is 5.97 Å². The highest BCUT2D eigenvalue weighted by molar-refractivity contribution is 5.87. The van der Waals surface area contributed by atoms with Crippen molar-refractivity contribution in [1.82, 2.24) is 5.32 Å². The normalized spacial score (nSPS) is 11.1. The van der Waals surface area contributed by atoms with E-state index in [-0.39, 0.29) is 5.56 Å². The molecule has 0 amide bonds. The van der Waals surface area contributed by atoms with Crippen molar-refractivity contribution in [3.05, 3.63) is 23.7 Å². The average Bonchev–Trinajstić information content (AvgIpc) is 2.81. The van der Waals surface area contributed by atoms with Gasteiger partial charge in [-0.05, 0) is 24.9 Å². The lowest BCUT2D eigenvalue weighted by Crippen LogP contribution is -2.14. The summed E-state index contributed by atoms with van der Waals surface area (Å²) in [6.45, 7) is 6.07. The number of carbonyl (C=O) groups is 1. The molecule has 0 saturated carbocycles. The van der Waals surface area contributed by atoms with Crippen LogP contribution in [0.5, 0.6) is 0 Å². The molecule has 0 aliphatic rings. The van der Waals surface area contributed by atoms with Crippen LogP contribution in [0.2, 0.25) is 0 Å². The Morgan fingerprint density at radius 3 is 2.68 bits per heavy atom. The molecule has 0 aliphatic carbocycles. The predicted molar refractivity (Wildman–Crippen MR) is 75.3 cm³/mol. The van der Waals surface area contributed by atoms with Crippen LogP contribution in [0.25, 0.3) is 0 Å². The second-order valence-electron chi connectivity index (χ2n) is 5.38. The van der Waals surface area contributed by atoms with Crippen LogP contribution in [-0.2, 0) is 6.54 Å². The molecule has 0 aliphatic heterocycles. The Labute approximate surface area is 115 Å². The lowest BCUT2D eigenvalue weighted by atomic mass is 10.0. The smallest absolute Gasteiger partial charge is 0.338 e. The molecular weight excluding hydrogens is 242 g/mol. The summed E-state index contributed by atoms with van der Waals surface area (Å²) in [7, 11) is 0. The van der Waals surface area contributed by atoms with Gasteiger partial charge in [-0.3, -0.25) is 0 Å². The SMILES string of the molecule is CC(C)CCCCCCNCc1cc(C(=O)O)co1. The van der Waals surface area contributed by atoms with Crippen molar-refractivity contribution in [3.63, 3.8) is 0 Å². The first-order chi connectivity index (χ1) is 9.09. The summed E-state index contributed by atoms with van der Waals surface area (Å²) in [6.07, 6.45) is 7.62. The minimum absolute atomic E-state index is 0.213. The molecule has 1 heterocycles. The van der Waals surface area contributed by atoms with E-state index in [9.17, 15) is 4.79 Å². The summed E-state index contributed by atoms with van der Waals surface area (Å²) in [5, 5.41) is 12.0. The van der Waals surface area contributed by atoms with Crippen LogP contribution in [-0.4, -0.2) is 17.6 Å². The van der Waals surface area contributed by atoms with E-state index in [2.05, 4.69) is 19.2 Å². The van der Waals surface area contributed by atoms with E-state index in [1.165, 1.54) is 31.9 Å². The number of unbranched alkanes of at least 4 members (excludes halogenated alkanes) is 3. The highest BCUT2D eigenvalue weighted by Crippen LogP contribution is 2.09. The maximum atomic E-state index is 10.7. The van der Waals surface area contributed by atoms with Crippen molar-refractivity contribution in [1.29, 1.82) is 0 Å². The van der Waals surface area contributed by atoms with E-state index in [4.69, 9.17) is 9.52 Å². The second-order valence-corrected chi connectivity index (χ2v) is 5.38. The third-order valence-electron chi connectivity index (χ3n) is 3.08. The van der Waals surface area contributed by atoms with Gasteiger partial charge in [0.25, 0.3) is 0 Å². The van der Waals surface area contributed by atoms with E-state index in [1.54, 1.807) is 6.07 Å². The van der Waals surface area contributed by atoms with Crippen LogP contribution in [0.4, 0.5) is 0 Å². The molecule has 0 bridgehead atoms. The summed E-state index contributed by atoms with van der Waals surface area (Å²) < 4.78 is 5.15. The van der Waals surface area contributed by atoms with Crippen molar-refractivity contribution in [2.24, 2.45) is 5.92 Å². The van der Waals surface area contributed by atoms with Crippen molar-refractivity contribution < 1.29 is 14.3 Å². The van der Waals surface area contributed by atoms with Gasteiger partial charge in [-0.1, -0.05) is 39.5 Å².